The average molecular weight is 322 g/mol. The van der Waals surface area contributed by atoms with Crippen LogP contribution in [0.1, 0.15) is 36.6 Å². The monoisotopic (exact) mass is 320 g/mol. The number of methoxy groups -OCH3 is 1. The van der Waals surface area contributed by atoms with E-state index in [0.29, 0.717) is 4.47 Å². The van der Waals surface area contributed by atoms with Crippen LogP contribution < -0.4 is 0 Å². The van der Waals surface area contributed by atoms with Gasteiger partial charge in [-0.05, 0) is 59.3 Å². The summed E-state index contributed by atoms with van der Waals surface area (Å²) in [7, 11) is 1.74. The maximum absolute atomic E-state index is 13.1. The van der Waals surface area contributed by atoms with E-state index in [4.69, 9.17) is 16.3 Å². The van der Waals surface area contributed by atoms with Crippen molar-refractivity contribution in [2.45, 2.75) is 36.7 Å². The Balaban J connectivity index is 2.08. The van der Waals surface area contributed by atoms with E-state index in [-0.39, 0.29) is 16.8 Å². The molecule has 1 fully saturated rings. The number of hydrogen-bond acceptors (Lipinski definition) is 1. The molecule has 1 aliphatic rings. The van der Waals surface area contributed by atoms with Crippen LogP contribution in [0.3, 0.4) is 0 Å². The number of benzene rings is 1. The summed E-state index contributed by atoms with van der Waals surface area (Å²) in [6, 6.07) is 4.92. The third-order valence-electron chi connectivity index (χ3n) is 3.55. The highest BCUT2D eigenvalue weighted by Gasteiger charge is 2.38. The third-order valence-corrected chi connectivity index (χ3v) is 4.57. The van der Waals surface area contributed by atoms with Crippen molar-refractivity contribution < 1.29 is 9.13 Å². The van der Waals surface area contributed by atoms with Crippen LogP contribution in [-0.2, 0) is 4.74 Å². The molecule has 0 N–H and O–H groups in total. The molecule has 0 saturated heterocycles. The molecular formula is C13H15BrClFO. The van der Waals surface area contributed by atoms with Gasteiger partial charge in [-0.1, -0.05) is 6.07 Å². The summed E-state index contributed by atoms with van der Waals surface area (Å²) in [5.41, 5.74) is 0.871. The van der Waals surface area contributed by atoms with Gasteiger partial charge in [-0.15, -0.1) is 11.6 Å². The first-order valence-corrected chi connectivity index (χ1v) is 6.93. The Morgan fingerprint density at radius 3 is 2.71 bits per heavy atom. The van der Waals surface area contributed by atoms with Crippen molar-refractivity contribution >= 4 is 27.5 Å². The first-order chi connectivity index (χ1) is 8.06. The molecule has 0 amide bonds. The van der Waals surface area contributed by atoms with Gasteiger partial charge >= 0.3 is 0 Å². The maximum atomic E-state index is 13.1. The zero-order valence-corrected chi connectivity index (χ0v) is 12.0. The molecule has 1 aromatic rings. The second-order valence-electron chi connectivity index (χ2n) is 4.59. The summed E-state index contributed by atoms with van der Waals surface area (Å²) in [5.74, 6) is -0.261. The van der Waals surface area contributed by atoms with Gasteiger partial charge in [-0.2, -0.15) is 0 Å². The lowest BCUT2D eigenvalue weighted by Crippen LogP contribution is -2.39. The van der Waals surface area contributed by atoms with Crippen LogP contribution in [-0.4, -0.2) is 12.7 Å². The van der Waals surface area contributed by atoms with E-state index in [1.54, 1.807) is 19.2 Å². The van der Waals surface area contributed by atoms with Crippen LogP contribution in [0, 0.1) is 5.82 Å². The van der Waals surface area contributed by atoms with Gasteiger partial charge in [-0.3, -0.25) is 0 Å². The van der Waals surface area contributed by atoms with Crippen molar-refractivity contribution in [3.8, 4) is 0 Å². The minimum atomic E-state index is -0.261. The van der Waals surface area contributed by atoms with Gasteiger partial charge in [0, 0.05) is 7.11 Å². The highest BCUT2D eigenvalue weighted by molar-refractivity contribution is 9.10. The third kappa shape index (κ3) is 2.83. The molecule has 0 aromatic heterocycles. The smallest absolute Gasteiger partial charge is 0.137 e. The predicted molar refractivity (Wildman–Crippen MR) is 70.9 cm³/mol. The molecule has 0 spiro atoms. The number of hydrogen-bond donors (Lipinski definition) is 0. The van der Waals surface area contributed by atoms with E-state index in [2.05, 4.69) is 15.9 Å². The van der Waals surface area contributed by atoms with E-state index < -0.39 is 0 Å². The average Bonchev–Trinajstić information content (AvgIpc) is 2.27. The Kier molecular flexibility index (Phi) is 4.11. The largest absolute Gasteiger partial charge is 0.378 e. The Bertz CT molecular complexity index is 401. The highest BCUT2D eigenvalue weighted by Crippen LogP contribution is 2.44. The molecule has 1 aromatic carbocycles. The van der Waals surface area contributed by atoms with Gasteiger partial charge in [0.25, 0.3) is 0 Å². The number of alkyl halides is 1. The van der Waals surface area contributed by atoms with Crippen molar-refractivity contribution in [1.29, 1.82) is 0 Å². The molecule has 0 radical (unpaired) electrons. The maximum Gasteiger partial charge on any atom is 0.137 e. The minimum Gasteiger partial charge on any atom is -0.378 e. The number of halogens is 3. The van der Waals surface area contributed by atoms with Gasteiger partial charge in [-0.25, -0.2) is 4.39 Å². The molecule has 2 rings (SSSR count). The first kappa shape index (κ1) is 13.3. The number of rotatable bonds is 4. The zero-order chi connectivity index (χ0) is 12.5. The van der Waals surface area contributed by atoms with Gasteiger partial charge in [0.1, 0.15) is 5.82 Å². The fourth-order valence-corrected chi connectivity index (χ4v) is 3.03. The van der Waals surface area contributed by atoms with E-state index in [1.807, 2.05) is 0 Å². The van der Waals surface area contributed by atoms with Crippen LogP contribution in [0.2, 0.25) is 0 Å². The Morgan fingerprint density at radius 2 is 2.24 bits per heavy atom. The molecular weight excluding hydrogens is 306 g/mol. The van der Waals surface area contributed by atoms with E-state index >= 15 is 0 Å². The fraction of sp³-hybridized carbons (Fsp3) is 0.538. The van der Waals surface area contributed by atoms with Crippen LogP contribution in [0.15, 0.2) is 22.7 Å². The zero-order valence-electron chi connectivity index (χ0n) is 9.68. The van der Waals surface area contributed by atoms with Crippen LogP contribution in [0.4, 0.5) is 4.39 Å². The lowest BCUT2D eigenvalue weighted by atomic mass is 9.76. The van der Waals surface area contributed by atoms with Crippen molar-refractivity contribution in [3.05, 3.63) is 34.1 Å². The van der Waals surface area contributed by atoms with Gasteiger partial charge in [0.15, 0.2) is 0 Å². The quantitative estimate of drug-likeness (QED) is 0.722. The van der Waals surface area contributed by atoms with Crippen molar-refractivity contribution in [3.63, 3.8) is 0 Å². The summed E-state index contributed by atoms with van der Waals surface area (Å²) in [5, 5.41) is -0.132. The molecule has 4 heteroatoms. The van der Waals surface area contributed by atoms with Crippen molar-refractivity contribution in [2.75, 3.05) is 7.11 Å². The van der Waals surface area contributed by atoms with Crippen LogP contribution >= 0.6 is 27.5 Å². The molecule has 1 atom stereocenters. The molecule has 0 heterocycles. The molecule has 0 aliphatic heterocycles. The second kappa shape index (κ2) is 5.25. The minimum absolute atomic E-state index is 0.0622. The van der Waals surface area contributed by atoms with Crippen molar-refractivity contribution in [2.24, 2.45) is 0 Å². The second-order valence-corrected chi connectivity index (χ2v) is 5.97. The molecule has 17 heavy (non-hydrogen) atoms. The summed E-state index contributed by atoms with van der Waals surface area (Å²) in [4.78, 5) is 0. The topological polar surface area (TPSA) is 9.23 Å². The molecule has 94 valence electrons. The standard InChI is InChI=1S/C13H15BrClFO/c1-17-13(5-2-6-13)8-11(15)9-3-4-12(16)10(14)7-9/h3-4,7,11H,2,5-6,8H2,1H3. The highest BCUT2D eigenvalue weighted by atomic mass is 79.9. The van der Waals surface area contributed by atoms with E-state index in [0.717, 1.165) is 24.8 Å². The van der Waals surface area contributed by atoms with Gasteiger partial charge < -0.3 is 4.74 Å². The predicted octanol–water partition coefficient (Wildman–Crippen LogP) is 4.83. The molecule has 1 nitrogen and oxygen atoms in total. The van der Waals surface area contributed by atoms with Crippen molar-refractivity contribution in [1.82, 2.24) is 0 Å². The Labute approximate surface area is 114 Å². The van der Waals surface area contributed by atoms with Crippen LogP contribution in [0.25, 0.3) is 0 Å². The summed E-state index contributed by atoms with van der Waals surface area (Å²) in [6.45, 7) is 0. The van der Waals surface area contributed by atoms with Crippen LogP contribution in [0.5, 0.6) is 0 Å². The first-order valence-electron chi connectivity index (χ1n) is 5.70. The molecule has 1 aliphatic carbocycles. The summed E-state index contributed by atoms with van der Waals surface area (Å²) in [6.07, 6.45) is 4.11. The lowest BCUT2D eigenvalue weighted by Gasteiger charge is -2.41. The van der Waals surface area contributed by atoms with E-state index in [9.17, 15) is 4.39 Å². The molecule has 1 unspecified atom stereocenters. The Morgan fingerprint density at radius 1 is 1.53 bits per heavy atom. The molecule has 0 bridgehead atoms. The lowest BCUT2D eigenvalue weighted by molar-refractivity contribution is -0.0780. The Hall–Kier alpha value is -0.120. The van der Waals surface area contributed by atoms with Gasteiger partial charge in [0.2, 0.25) is 0 Å². The SMILES string of the molecule is COC1(CC(Cl)c2ccc(F)c(Br)c2)CCC1. The van der Waals surface area contributed by atoms with E-state index in [1.165, 1.54) is 12.5 Å². The normalized spacial score (nSPS) is 19.8. The van der Waals surface area contributed by atoms with Gasteiger partial charge in [0.05, 0.1) is 15.5 Å². The molecule has 1 saturated carbocycles. The fourth-order valence-electron chi connectivity index (χ4n) is 2.21. The number of ether oxygens (including phenoxy) is 1. The summed E-state index contributed by atoms with van der Waals surface area (Å²) < 4.78 is 19.1. The summed E-state index contributed by atoms with van der Waals surface area (Å²) >= 11 is 9.56.